The number of amides is 1. The fourth-order valence-corrected chi connectivity index (χ4v) is 4.08. The van der Waals surface area contributed by atoms with Crippen molar-refractivity contribution in [3.63, 3.8) is 0 Å². The summed E-state index contributed by atoms with van der Waals surface area (Å²) in [5.41, 5.74) is 5.23. The summed E-state index contributed by atoms with van der Waals surface area (Å²) < 4.78 is 6.57. The van der Waals surface area contributed by atoms with Gasteiger partial charge >= 0.3 is 0 Å². The number of nitrogens with one attached hydrogen (secondary N) is 1. The van der Waals surface area contributed by atoms with Crippen LogP contribution < -0.4 is 11.1 Å². The summed E-state index contributed by atoms with van der Waals surface area (Å²) in [6, 6.07) is 3.64. The predicted octanol–water partition coefficient (Wildman–Crippen LogP) is 2.32. The summed E-state index contributed by atoms with van der Waals surface area (Å²) in [5, 5.41) is 2.86. The van der Waals surface area contributed by atoms with Crippen LogP contribution in [0.5, 0.6) is 0 Å². The van der Waals surface area contributed by atoms with E-state index in [9.17, 15) is 4.79 Å². The number of carbonyl (C=O) groups excluding carboxylic acids is 1. The van der Waals surface area contributed by atoms with Crippen molar-refractivity contribution in [1.29, 1.82) is 0 Å². The first-order valence-electron chi connectivity index (χ1n) is 7.21. The van der Waals surface area contributed by atoms with Crippen LogP contribution in [0.15, 0.2) is 22.8 Å². The summed E-state index contributed by atoms with van der Waals surface area (Å²) in [5.74, 6) is 0.394. The van der Waals surface area contributed by atoms with Crippen molar-refractivity contribution in [2.75, 3.05) is 11.9 Å². The third-order valence-corrected chi connectivity index (χ3v) is 5.69. The molecular weight excluding hydrogens is 334 g/mol. The number of halogens is 1. The summed E-state index contributed by atoms with van der Waals surface area (Å²) in [6.45, 7) is 4.77. The van der Waals surface area contributed by atoms with E-state index in [0.29, 0.717) is 5.82 Å². The van der Waals surface area contributed by atoms with E-state index in [0.717, 1.165) is 23.9 Å². The topological polar surface area (TPSA) is 77.2 Å². The fourth-order valence-electron chi connectivity index (χ4n) is 3.73. The molecule has 1 saturated carbocycles. The van der Waals surface area contributed by atoms with E-state index in [4.69, 9.17) is 10.5 Å². The quantitative estimate of drug-likeness (QED) is 0.855. The van der Waals surface area contributed by atoms with Crippen molar-refractivity contribution in [2.24, 2.45) is 17.1 Å². The highest BCUT2D eigenvalue weighted by Gasteiger charge is 2.70. The third-order valence-electron chi connectivity index (χ3n) is 5.05. The van der Waals surface area contributed by atoms with Gasteiger partial charge in [0.2, 0.25) is 5.91 Å². The number of rotatable bonds is 2. The summed E-state index contributed by atoms with van der Waals surface area (Å²) in [4.78, 5) is 17.0. The zero-order valence-corrected chi connectivity index (χ0v) is 13.8. The van der Waals surface area contributed by atoms with Gasteiger partial charge in [-0.2, -0.15) is 0 Å². The van der Waals surface area contributed by atoms with Gasteiger partial charge in [0.15, 0.2) is 0 Å². The lowest BCUT2D eigenvalue weighted by molar-refractivity contribution is -0.222. The van der Waals surface area contributed by atoms with Crippen LogP contribution >= 0.6 is 15.9 Å². The van der Waals surface area contributed by atoms with Gasteiger partial charge in [0.1, 0.15) is 11.4 Å². The van der Waals surface area contributed by atoms with Crippen LogP contribution in [0.25, 0.3) is 0 Å². The summed E-state index contributed by atoms with van der Waals surface area (Å²) in [6.07, 6.45) is 3.59. The highest BCUT2D eigenvalue weighted by atomic mass is 79.9. The smallest absolute Gasteiger partial charge is 0.246 e. The van der Waals surface area contributed by atoms with Crippen molar-refractivity contribution < 1.29 is 9.53 Å². The number of pyridine rings is 1. The second kappa shape index (κ2) is 5.04. The minimum atomic E-state index is -0.922. The molecule has 3 unspecified atom stereocenters. The SMILES string of the molecule is CC1(C)C2OCCCC2C1(N)C(=O)Nc1ncccc1Br. The maximum Gasteiger partial charge on any atom is 0.246 e. The zero-order valence-electron chi connectivity index (χ0n) is 12.2. The fraction of sp³-hybridized carbons (Fsp3) is 0.600. The van der Waals surface area contributed by atoms with Crippen molar-refractivity contribution in [1.82, 2.24) is 4.98 Å². The van der Waals surface area contributed by atoms with Crippen molar-refractivity contribution >= 4 is 27.7 Å². The molecule has 0 bridgehead atoms. The molecule has 3 rings (SSSR count). The molecule has 114 valence electrons. The average molecular weight is 354 g/mol. The molecule has 5 nitrogen and oxygen atoms in total. The first-order valence-corrected chi connectivity index (χ1v) is 8.01. The molecule has 1 amide bonds. The van der Waals surface area contributed by atoms with Crippen LogP contribution in [0.1, 0.15) is 26.7 Å². The van der Waals surface area contributed by atoms with Crippen LogP contribution in [-0.4, -0.2) is 29.1 Å². The minimum Gasteiger partial charge on any atom is -0.377 e. The molecule has 0 radical (unpaired) electrons. The maximum atomic E-state index is 12.8. The first-order chi connectivity index (χ1) is 9.89. The highest BCUT2D eigenvalue weighted by molar-refractivity contribution is 9.10. The van der Waals surface area contributed by atoms with Crippen LogP contribution in [0.2, 0.25) is 0 Å². The number of carbonyl (C=O) groups is 1. The van der Waals surface area contributed by atoms with Gasteiger partial charge in [-0.25, -0.2) is 4.98 Å². The van der Waals surface area contributed by atoms with Crippen molar-refractivity contribution in [3.05, 3.63) is 22.8 Å². The maximum absolute atomic E-state index is 12.8. The molecule has 3 atom stereocenters. The van der Waals surface area contributed by atoms with E-state index in [-0.39, 0.29) is 23.3 Å². The number of hydrogen-bond acceptors (Lipinski definition) is 4. The average Bonchev–Trinajstić information content (AvgIpc) is 2.48. The van der Waals surface area contributed by atoms with Gasteiger partial charge in [0.05, 0.1) is 10.6 Å². The lowest BCUT2D eigenvalue weighted by Gasteiger charge is -2.65. The Labute approximate surface area is 132 Å². The lowest BCUT2D eigenvalue weighted by atomic mass is 9.46. The molecule has 2 aliphatic rings. The molecule has 21 heavy (non-hydrogen) atoms. The molecule has 1 aliphatic carbocycles. The third kappa shape index (κ3) is 2.04. The van der Waals surface area contributed by atoms with Crippen LogP contribution in [0.4, 0.5) is 5.82 Å². The predicted molar refractivity (Wildman–Crippen MR) is 83.7 cm³/mol. The van der Waals surface area contributed by atoms with E-state index < -0.39 is 5.54 Å². The zero-order chi connectivity index (χ0) is 15.3. The molecule has 1 saturated heterocycles. The van der Waals surface area contributed by atoms with Crippen molar-refractivity contribution in [2.45, 2.75) is 38.3 Å². The number of aromatic nitrogens is 1. The van der Waals surface area contributed by atoms with Crippen LogP contribution in [-0.2, 0) is 9.53 Å². The Hall–Kier alpha value is -0.980. The Bertz CT molecular complexity index is 578. The van der Waals surface area contributed by atoms with Crippen LogP contribution in [0.3, 0.4) is 0 Å². The Kier molecular flexibility index (Phi) is 3.58. The molecule has 2 fully saturated rings. The number of fused-ring (bicyclic) bond motifs is 1. The second-order valence-corrected chi connectivity index (χ2v) is 7.27. The molecule has 0 spiro atoms. The molecular formula is C15H20BrN3O2. The Morgan fingerprint density at radius 3 is 3.05 bits per heavy atom. The molecule has 1 aromatic heterocycles. The van der Waals surface area contributed by atoms with Crippen molar-refractivity contribution in [3.8, 4) is 0 Å². The number of anilines is 1. The van der Waals surface area contributed by atoms with Gasteiger partial charge in [0.25, 0.3) is 0 Å². The van der Waals surface area contributed by atoms with E-state index in [1.54, 1.807) is 12.3 Å². The monoisotopic (exact) mass is 353 g/mol. The molecule has 1 aliphatic heterocycles. The van der Waals surface area contributed by atoms with Gasteiger partial charge in [-0.3, -0.25) is 4.79 Å². The van der Waals surface area contributed by atoms with Gasteiger partial charge in [-0.1, -0.05) is 13.8 Å². The molecule has 6 heteroatoms. The van der Waals surface area contributed by atoms with E-state index in [1.165, 1.54) is 0 Å². The normalized spacial score (nSPS) is 33.7. The van der Waals surface area contributed by atoms with E-state index in [1.807, 2.05) is 19.9 Å². The van der Waals surface area contributed by atoms with Crippen LogP contribution in [0, 0.1) is 11.3 Å². The van der Waals surface area contributed by atoms with E-state index >= 15 is 0 Å². The van der Waals surface area contributed by atoms with Gasteiger partial charge in [-0.15, -0.1) is 0 Å². The van der Waals surface area contributed by atoms with E-state index in [2.05, 4.69) is 26.2 Å². The number of ether oxygens (including phenoxy) is 1. The number of hydrogen-bond donors (Lipinski definition) is 2. The summed E-state index contributed by atoms with van der Waals surface area (Å²) >= 11 is 3.39. The minimum absolute atomic E-state index is 0.0640. The molecule has 0 aromatic carbocycles. The second-order valence-electron chi connectivity index (χ2n) is 6.42. The highest BCUT2D eigenvalue weighted by Crippen LogP contribution is 2.57. The van der Waals surface area contributed by atoms with Gasteiger partial charge < -0.3 is 15.8 Å². The molecule has 1 aromatic rings. The Balaban J connectivity index is 1.85. The first kappa shape index (κ1) is 14.9. The molecule has 2 heterocycles. The van der Waals surface area contributed by atoms with Gasteiger partial charge in [0, 0.05) is 24.1 Å². The molecule has 3 N–H and O–H groups in total. The summed E-state index contributed by atoms with van der Waals surface area (Å²) in [7, 11) is 0. The van der Waals surface area contributed by atoms with Gasteiger partial charge in [-0.05, 0) is 40.9 Å². The Morgan fingerprint density at radius 1 is 1.57 bits per heavy atom. The Morgan fingerprint density at radius 2 is 2.33 bits per heavy atom. The lowest BCUT2D eigenvalue weighted by Crippen LogP contribution is -2.81. The number of nitrogens with zero attached hydrogens (tertiary/aromatic N) is 1. The standard InChI is InChI=1S/C15H20BrN3O2/c1-14(2)11-9(5-4-8-21-11)15(14,17)13(20)19-12-10(16)6-3-7-18-12/h3,6-7,9,11H,4-5,8,17H2,1-2H3,(H,18,19,20). The number of nitrogens with two attached hydrogens (primary N) is 1. The largest absolute Gasteiger partial charge is 0.377 e.